The Bertz CT molecular complexity index is 502. The number of rotatable bonds is 5. The normalized spacial score (nSPS) is 10.8. The second-order valence-electron chi connectivity index (χ2n) is 4.32. The Kier molecular flexibility index (Phi) is 4.10. The molecule has 0 aliphatic carbocycles. The highest BCUT2D eigenvalue weighted by molar-refractivity contribution is 5.34. The van der Waals surface area contributed by atoms with Crippen molar-refractivity contribution in [3.05, 3.63) is 47.5 Å². The molecule has 0 saturated heterocycles. The quantitative estimate of drug-likeness (QED) is 0.823. The van der Waals surface area contributed by atoms with Crippen molar-refractivity contribution in [2.45, 2.75) is 26.8 Å². The second kappa shape index (κ2) is 5.78. The van der Waals surface area contributed by atoms with E-state index in [1.54, 1.807) is 12.1 Å². The number of hydrogen-bond acceptors (Lipinski definition) is 2. The van der Waals surface area contributed by atoms with Gasteiger partial charge in [-0.15, -0.1) is 0 Å². The molecule has 1 N–H and O–H groups in total. The number of nitrogens with zero attached hydrogens (tertiary/aromatic N) is 2. The van der Waals surface area contributed by atoms with E-state index >= 15 is 0 Å². The molecule has 1 aromatic heterocycles. The van der Waals surface area contributed by atoms with E-state index in [-0.39, 0.29) is 5.82 Å². The molecule has 0 spiro atoms. The van der Waals surface area contributed by atoms with Crippen molar-refractivity contribution in [3.63, 3.8) is 0 Å². The van der Waals surface area contributed by atoms with Crippen LogP contribution in [0, 0.1) is 12.7 Å². The molecular formula is C14H18FN3. The third-order valence-electron chi connectivity index (χ3n) is 2.92. The van der Waals surface area contributed by atoms with Gasteiger partial charge in [0.05, 0.1) is 11.9 Å². The number of aromatic nitrogens is 2. The van der Waals surface area contributed by atoms with Crippen LogP contribution in [0.25, 0.3) is 5.69 Å². The van der Waals surface area contributed by atoms with E-state index in [1.165, 1.54) is 17.7 Å². The van der Waals surface area contributed by atoms with Gasteiger partial charge in [0.15, 0.2) is 0 Å². The van der Waals surface area contributed by atoms with Crippen LogP contribution in [0.3, 0.4) is 0 Å². The predicted molar refractivity (Wildman–Crippen MR) is 70.3 cm³/mol. The maximum Gasteiger partial charge on any atom is 0.123 e. The largest absolute Gasteiger partial charge is 0.313 e. The molecule has 0 amide bonds. The molecule has 0 aliphatic rings. The van der Waals surface area contributed by atoms with Crippen LogP contribution >= 0.6 is 0 Å². The van der Waals surface area contributed by atoms with E-state index in [0.717, 1.165) is 30.9 Å². The van der Waals surface area contributed by atoms with Gasteiger partial charge in [-0.25, -0.2) is 9.07 Å². The van der Waals surface area contributed by atoms with Gasteiger partial charge in [0.2, 0.25) is 0 Å². The maximum absolute atomic E-state index is 12.9. The van der Waals surface area contributed by atoms with Crippen LogP contribution in [0.2, 0.25) is 0 Å². The third-order valence-corrected chi connectivity index (χ3v) is 2.92. The molecule has 0 radical (unpaired) electrons. The van der Waals surface area contributed by atoms with E-state index in [2.05, 4.69) is 17.3 Å². The first-order chi connectivity index (χ1) is 8.72. The van der Waals surface area contributed by atoms with Crippen LogP contribution in [0.1, 0.15) is 24.6 Å². The Hall–Kier alpha value is -1.68. The van der Waals surface area contributed by atoms with Crippen molar-refractivity contribution >= 4 is 0 Å². The standard InChI is InChI=1S/C14H18FN3/c1-3-8-16-9-12-10-17-18(11(12)2)14-6-4-13(15)5-7-14/h4-7,10,16H,3,8-9H2,1-2H3. The van der Waals surface area contributed by atoms with Crippen LogP contribution in [-0.4, -0.2) is 16.3 Å². The van der Waals surface area contributed by atoms with Gasteiger partial charge in [0.25, 0.3) is 0 Å². The molecular weight excluding hydrogens is 229 g/mol. The number of halogens is 1. The first kappa shape index (κ1) is 12.8. The monoisotopic (exact) mass is 247 g/mol. The van der Waals surface area contributed by atoms with E-state index in [9.17, 15) is 4.39 Å². The lowest BCUT2D eigenvalue weighted by atomic mass is 10.2. The lowest BCUT2D eigenvalue weighted by Crippen LogP contribution is -2.14. The van der Waals surface area contributed by atoms with Crippen molar-refractivity contribution in [2.75, 3.05) is 6.54 Å². The molecule has 2 aromatic rings. The Balaban J connectivity index is 2.17. The zero-order valence-corrected chi connectivity index (χ0v) is 10.8. The Labute approximate surface area is 107 Å². The fraction of sp³-hybridized carbons (Fsp3) is 0.357. The summed E-state index contributed by atoms with van der Waals surface area (Å²) in [7, 11) is 0. The fourth-order valence-electron chi connectivity index (χ4n) is 1.86. The molecule has 0 bridgehead atoms. The van der Waals surface area contributed by atoms with Crippen LogP contribution < -0.4 is 5.32 Å². The van der Waals surface area contributed by atoms with Crippen LogP contribution in [0.5, 0.6) is 0 Å². The molecule has 1 aromatic carbocycles. The van der Waals surface area contributed by atoms with Gasteiger partial charge in [-0.1, -0.05) is 6.92 Å². The van der Waals surface area contributed by atoms with Crippen molar-refractivity contribution in [3.8, 4) is 5.69 Å². The summed E-state index contributed by atoms with van der Waals surface area (Å²) in [6.07, 6.45) is 2.98. The molecule has 0 unspecified atom stereocenters. The summed E-state index contributed by atoms with van der Waals surface area (Å²) >= 11 is 0. The molecule has 1 heterocycles. The van der Waals surface area contributed by atoms with Crippen molar-refractivity contribution < 1.29 is 4.39 Å². The topological polar surface area (TPSA) is 29.9 Å². The highest BCUT2D eigenvalue weighted by atomic mass is 19.1. The average molecular weight is 247 g/mol. The summed E-state index contributed by atoms with van der Waals surface area (Å²) in [5.74, 6) is -0.228. The fourth-order valence-corrected chi connectivity index (χ4v) is 1.86. The Morgan fingerprint density at radius 3 is 2.67 bits per heavy atom. The SMILES string of the molecule is CCCNCc1cnn(-c2ccc(F)cc2)c1C. The third kappa shape index (κ3) is 2.76. The first-order valence-corrected chi connectivity index (χ1v) is 6.22. The minimum Gasteiger partial charge on any atom is -0.313 e. The molecule has 4 heteroatoms. The summed E-state index contributed by atoms with van der Waals surface area (Å²) in [6.45, 7) is 5.99. The van der Waals surface area contributed by atoms with Gasteiger partial charge in [0, 0.05) is 17.8 Å². The zero-order valence-electron chi connectivity index (χ0n) is 10.8. The summed E-state index contributed by atoms with van der Waals surface area (Å²) in [5.41, 5.74) is 3.15. The molecule has 96 valence electrons. The van der Waals surface area contributed by atoms with Gasteiger partial charge in [-0.2, -0.15) is 5.10 Å². The highest BCUT2D eigenvalue weighted by Gasteiger charge is 2.07. The van der Waals surface area contributed by atoms with E-state index in [0.29, 0.717) is 0 Å². The van der Waals surface area contributed by atoms with Crippen LogP contribution in [0.15, 0.2) is 30.5 Å². The van der Waals surface area contributed by atoms with Crippen molar-refractivity contribution in [2.24, 2.45) is 0 Å². The van der Waals surface area contributed by atoms with E-state index in [1.807, 2.05) is 17.8 Å². The molecule has 3 nitrogen and oxygen atoms in total. The molecule has 2 rings (SSSR count). The lowest BCUT2D eigenvalue weighted by Gasteiger charge is -2.06. The van der Waals surface area contributed by atoms with Gasteiger partial charge < -0.3 is 5.32 Å². The summed E-state index contributed by atoms with van der Waals surface area (Å²) in [6, 6.07) is 6.37. The van der Waals surface area contributed by atoms with Crippen LogP contribution in [-0.2, 0) is 6.54 Å². The van der Waals surface area contributed by atoms with E-state index in [4.69, 9.17) is 0 Å². The lowest BCUT2D eigenvalue weighted by molar-refractivity contribution is 0.627. The summed E-state index contributed by atoms with van der Waals surface area (Å²) in [4.78, 5) is 0. The van der Waals surface area contributed by atoms with Gasteiger partial charge >= 0.3 is 0 Å². The zero-order chi connectivity index (χ0) is 13.0. The first-order valence-electron chi connectivity index (χ1n) is 6.22. The van der Waals surface area contributed by atoms with Crippen molar-refractivity contribution in [1.82, 2.24) is 15.1 Å². The summed E-state index contributed by atoms with van der Waals surface area (Å²) in [5, 5.41) is 7.70. The van der Waals surface area contributed by atoms with Gasteiger partial charge in [0.1, 0.15) is 5.82 Å². The number of benzene rings is 1. The van der Waals surface area contributed by atoms with E-state index < -0.39 is 0 Å². The maximum atomic E-state index is 12.9. The summed E-state index contributed by atoms with van der Waals surface area (Å²) < 4.78 is 14.7. The predicted octanol–water partition coefficient (Wildman–Crippen LogP) is 2.82. The molecule has 0 atom stereocenters. The molecule has 0 saturated carbocycles. The smallest absolute Gasteiger partial charge is 0.123 e. The Morgan fingerprint density at radius 1 is 1.28 bits per heavy atom. The van der Waals surface area contributed by atoms with Crippen molar-refractivity contribution in [1.29, 1.82) is 0 Å². The number of hydrogen-bond donors (Lipinski definition) is 1. The van der Waals surface area contributed by atoms with Gasteiger partial charge in [-0.3, -0.25) is 0 Å². The Morgan fingerprint density at radius 2 is 2.00 bits per heavy atom. The minimum atomic E-state index is -0.228. The van der Waals surface area contributed by atoms with Crippen LogP contribution in [0.4, 0.5) is 4.39 Å². The number of nitrogens with one attached hydrogen (secondary N) is 1. The molecule has 0 aliphatic heterocycles. The van der Waals surface area contributed by atoms with Gasteiger partial charge in [-0.05, 0) is 44.2 Å². The second-order valence-corrected chi connectivity index (χ2v) is 4.32. The minimum absolute atomic E-state index is 0.228. The average Bonchev–Trinajstić information content (AvgIpc) is 2.73. The highest BCUT2D eigenvalue weighted by Crippen LogP contribution is 2.14. The molecule has 0 fully saturated rings. The molecule has 18 heavy (non-hydrogen) atoms.